The van der Waals surface area contributed by atoms with Crippen LogP contribution in [0.2, 0.25) is 0 Å². The molecule has 1 fully saturated rings. The van der Waals surface area contributed by atoms with Crippen molar-refractivity contribution in [3.05, 3.63) is 40.2 Å². The number of carbonyl (C=O) groups excluding carboxylic acids is 4. The first-order valence-corrected chi connectivity index (χ1v) is 10.2. The van der Waals surface area contributed by atoms with Gasteiger partial charge in [-0.15, -0.1) is 0 Å². The number of rotatable bonds is 4. The Morgan fingerprint density at radius 3 is 2.48 bits per heavy atom. The van der Waals surface area contributed by atoms with E-state index in [0.29, 0.717) is 12.0 Å². The molecule has 11 heteroatoms. The fraction of sp³-hybridized carbons (Fsp3) is 0.364. The predicted molar refractivity (Wildman–Crippen MR) is 114 cm³/mol. The number of nitrogens with two attached hydrogens (primary N) is 1. The average Bonchev–Trinajstić information content (AvgIpc) is 2.72. The standard InChI is InChI=1S/C22H23N3O8/c1-25(2)15-10-6-9-5-8-3-4-11(24-7-26)16(27)12(8)17(28)13(9)19(30)22(10,33)20(31)14(18(15)29)21(23)32/h3-4,7,9-10,15,27-28,31,33H,5-6H2,1-2H3,(H2,23,32)(H,24,26)/t9?,10?,15-,22?/m0/s1. The molecule has 0 aliphatic heterocycles. The number of nitrogens with zero attached hydrogens (tertiary/aromatic N) is 1. The number of hydrogen-bond acceptors (Lipinski definition) is 9. The number of likely N-dealkylation sites (N-methyl/N-ethyl adjacent to an activating group) is 1. The van der Waals surface area contributed by atoms with E-state index in [1.54, 1.807) is 6.07 Å². The van der Waals surface area contributed by atoms with Gasteiger partial charge in [-0.25, -0.2) is 0 Å². The summed E-state index contributed by atoms with van der Waals surface area (Å²) in [7, 11) is 3.07. The van der Waals surface area contributed by atoms with Crippen molar-refractivity contribution in [2.45, 2.75) is 24.5 Å². The molecule has 33 heavy (non-hydrogen) atoms. The van der Waals surface area contributed by atoms with Crippen LogP contribution in [0.3, 0.4) is 0 Å². The minimum Gasteiger partial charge on any atom is -0.508 e. The lowest BCUT2D eigenvalue weighted by molar-refractivity contribution is -0.153. The molecular formula is C22H23N3O8. The third-order valence-electron chi connectivity index (χ3n) is 6.81. The zero-order chi connectivity index (χ0) is 24.4. The van der Waals surface area contributed by atoms with Gasteiger partial charge in [0.2, 0.25) is 12.2 Å². The van der Waals surface area contributed by atoms with Crippen LogP contribution < -0.4 is 11.1 Å². The third-order valence-corrected chi connectivity index (χ3v) is 6.81. The maximum Gasteiger partial charge on any atom is 0.255 e. The van der Waals surface area contributed by atoms with E-state index in [1.165, 1.54) is 25.1 Å². The van der Waals surface area contributed by atoms with Gasteiger partial charge in [0.1, 0.15) is 22.8 Å². The van der Waals surface area contributed by atoms with Gasteiger partial charge in [-0.05, 0) is 44.5 Å². The first kappa shape index (κ1) is 22.5. The summed E-state index contributed by atoms with van der Waals surface area (Å²) >= 11 is 0. The number of aromatic hydroxyl groups is 1. The number of benzene rings is 1. The van der Waals surface area contributed by atoms with Gasteiger partial charge in [0.25, 0.3) is 5.91 Å². The third kappa shape index (κ3) is 2.89. The molecule has 7 N–H and O–H groups in total. The van der Waals surface area contributed by atoms with Crippen LogP contribution in [0, 0.1) is 11.8 Å². The second kappa shape index (κ2) is 7.42. The number of amides is 2. The lowest BCUT2D eigenvalue weighted by atomic mass is 9.57. The van der Waals surface area contributed by atoms with E-state index in [-0.39, 0.29) is 29.7 Å². The Balaban J connectivity index is 1.96. The van der Waals surface area contributed by atoms with Crippen molar-refractivity contribution in [2.75, 3.05) is 19.4 Å². The largest absolute Gasteiger partial charge is 0.508 e. The molecule has 0 spiro atoms. The Hall–Kier alpha value is -3.70. The minimum absolute atomic E-state index is 0.00360. The molecule has 3 aliphatic carbocycles. The van der Waals surface area contributed by atoms with Gasteiger partial charge in [-0.2, -0.15) is 0 Å². The molecule has 4 rings (SSSR count). The Morgan fingerprint density at radius 2 is 1.91 bits per heavy atom. The molecule has 0 aromatic heterocycles. The molecule has 11 nitrogen and oxygen atoms in total. The van der Waals surface area contributed by atoms with Crippen molar-refractivity contribution in [3.8, 4) is 5.75 Å². The van der Waals surface area contributed by atoms with Crippen molar-refractivity contribution >= 4 is 35.3 Å². The van der Waals surface area contributed by atoms with Crippen LogP contribution >= 0.6 is 0 Å². The molecule has 1 aromatic carbocycles. The Morgan fingerprint density at radius 1 is 1.24 bits per heavy atom. The molecule has 1 aromatic rings. The lowest BCUT2D eigenvalue weighted by Crippen LogP contribution is -2.65. The van der Waals surface area contributed by atoms with Gasteiger partial charge in [0.15, 0.2) is 11.4 Å². The van der Waals surface area contributed by atoms with Crippen LogP contribution in [-0.4, -0.2) is 74.9 Å². The predicted octanol–water partition coefficient (Wildman–Crippen LogP) is -0.468. The molecule has 1 saturated carbocycles. The van der Waals surface area contributed by atoms with E-state index >= 15 is 0 Å². The molecule has 0 bridgehead atoms. The minimum atomic E-state index is -2.68. The molecule has 0 saturated heterocycles. The van der Waals surface area contributed by atoms with Gasteiger partial charge in [0.05, 0.1) is 17.3 Å². The summed E-state index contributed by atoms with van der Waals surface area (Å²) in [6.45, 7) is 0. The van der Waals surface area contributed by atoms with E-state index < -0.39 is 63.8 Å². The number of carbonyl (C=O) groups is 4. The second-order valence-corrected chi connectivity index (χ2v) is 8.72. The van der Waals surface area contributed by atoms with Crippen molar-refractivity contribution in [3.63, 3.8) is 0 Å². The number of phenolic OH excluding ortho intramolecular Hbond substituents is 1. The molecular weight excluding hydrogens is 434 g/mol. The smallest absolute Gasteiger partial charge is 0.255 e. The van der Waals surface area contributed by atoms with Gasteiger partial charge in [0, 0.05) is 11.5 Å². The van der Waals surface area contributed by atoms with Crippen LogP contribution in [0.15, 0.2) is 29.0 Å². The summed E-state index contributed by atoms with van der Waals surface area (Å²) < 4.78 is 0. The van der Waals surface area contributed by atoms with Crippen molar-refractivity contribution in [2.24, 2.45) is 17.6 Å². The number of ketones is 2. The van der Waals surface area contributed by atoms with E-state index in [4.69, 9.17) is 5.73 Å². The Labute approximate surface area is 187 Å². The summed E-state index contributed by atoms with van der Waals surface area (Å²) in [6.07, 6.45) is 0.537. The zero-order valence-electron chi connectivity index (χ0n) is 17.8. The average molecular weight is 457 g/mol. The summed E-state index contributed by atoms with van der Waals surface area (Å²) in [5.74, 6) is -7.16. The maximum atomic E-state index is 13.6. The molecule has 0 heterocycles. The molecule has 174 valence electrons. The van der Waals surface area contributed by atoms with Crippen LogP contribution in [0.5, 0.6) is 5.75 Å². The SMILES string of the molecule is CN(C)[C@@H]1C(=O)C(C(N)=O)=C(O)C2(O)C(=O)C3=C(O)c4c(ccc(NC=O)c4O)CC3CC12. The number of primary amides is 1. The highest BCUT2D eigenvalue weighted by Gasteiger charge is 2.64. The lowest BCUT2D eigenvalue weighted by Gasteiger charge is -2.50. The van der Waals surface area contributed by atoms with Gasteiger partial charge < -0.3 is 31.5 Å². The van der Waals surface area contributed by atoms with Crippen LogP contribution in [-0.2, 0) is 25.6 Å². The zero-order valence-corrected chi connectivity index (χ0v) is 17.8. The van der Waals surface area contributed by atoms with Crippen LogP contribution in [0.25, 0.3) is 5.76 Å². The quantitative estimate of drug-likeness (QED) is 0.197. The summed E-state index contributed by atoms with van der Waals surface area (Å²) in [5.41, 5.74) is 1.89. The van der Waals surface area contributed by atoms with Crippen LogP contribution in [0.4, 0.5) is 5.69 Å². The number of anilines is 1. The van der Waals surface area contributed by atoms with Gasteiger partial charge in [-0.1, -0.05) is 6.07 Å². The van der Waals surface area contributed by atoms with Crippen LogP contribution in [0.1, 0.15) is 17.5 Å². The molecule has 3 aliphatic rings. The number of aliphatic hydroxyl groups is 3. The van der Waals surface area contributed by atoms with E-state index in [1.807, 2.05) is 0 Å². The molecule has 0 radical (unpaired) electrons. The number of nitrogens with one attached hydrogen (secondary N) is 1. The number of aliphatic hydroxyl groups excluding tert-OH is 2. The highest BCUT2D eigenvalue weighted by molar-refractivity contribution is 6.24. The molecule has 2 amide bonds. The maximum absolute atomic E-state index is 13.6. The number of Topliss-reactive ketones (excluding diaryl/α,β-unsaturated/α-hetero) is 2. The molecule has 4 atom stereocenters. The number of phenols is 1. The Kier molecular flexibility index (Phi) is 5.06. The fourth-order valence-electron chi connectivity index (χ4n) is 5.40. The van der Waals surface area contributed by atoms with Crippen molar-refractivity contribution in [1.82, 2.24) is 4.90 Å². The second-order valence-electron chi connectivity index (χ2n) is 8.72. The molecule has 3 unspecified atom stereocenters. The normalized spacial score (nSPS) is 28.9. The topological polar surface area (TPSA) is 190 Å². The van der Waals surface area contributed by atoms with Crippen molar-refractivity contribution < 1.29 is 39.6 Å². The highest BCUT2D eigenvalue weighted by atomic mass is 16.3. The summed E-state index contributed by atoms with van der Waals surface area (Å²) in [6, 6.07) is 1.90. The Bertz CT molecular complexity index is 1180. The van der Waals surface area contributed by atoms with Gasteiger partial charge >= 0.3 is 0 Å². The first-order chi connectivity index (χ1) is 15.5. The summed E-state index contributed by atoms with van der Waals surface area (Å²) in [5, 5.41) is 46.1. The fourth-order valence-corrected chi connectivity index (χ4v) is 5.40. The first-order valence-electron chi connectivity index (χ1n) is 10.2. The van der Waals surface area contributed by atoms with E-state index in [2.05, 4.69) is 5.32 Å². The summed E-state index contributed by atoms with van der Waals surface area (Å²) in [4.78, 5) is 50.8. The van der Waals surface area contributed by atoms with E-state index in [9.17, 15) is 39.6 Å². The van der Waals surface area contributed by atoms with E-state index in [0.717, 1.165) is 0 Å². The highest BCUT2D eigenvalue weighted by Crippen LogP contribution is 2.53. The van der Waals surface area contributed by atoms with Crippen molar-refractivity contribution in [1.29, 1.82) is 0 Å². The monoisotopic (exact) mass is 457 g/mol. The number of hydrogen-bond donors (Lipinski definition) is 6. The number of fused-ring (bicyclic) bond motifs is 3. The van der Waals surface area contributed by atoms with Gasteiger partial charge in [-0.3, -0.25) is 24.1 Å².